The number of pyridine rings is 1. The van der Waals surface area contributed by atoms with E-state index in [-0.39, 0.29) is 30.4 Å². The van der Waals surface area contributed by atoms with E-state index in [9.17, 15) is 14.0 Å². The van der Waals surface area contributed by atoms with E-state index >= 15 is 0 Å². The zero-order valence-corrected chi connectivity index (χ0v) is 17.6. The Morgan fingerprint density at radius 2 is 1.81 bits per heavy atom. The van der Waals surface area contributed by atoms with Gasteiger partial charge in [-0.05, 0) is 29.8 Å². The molecule has 158 valence electrons. The highest BCUT2D eigenvalue weighted by molar-refractivity contribution is 7.25. The summed E-state index contributed by atoms with van der Waals surface area (Å²) in [5, 5.41) is 3.55. The fourth-order valence-corrected chi connectivity index (χ4v) is 4.52. The molecule has 0 saturated carbocycles. The Labute approximate surface area is 186 Å². The molecular weight excluding hydrogens is 427 g/mol. The van der Waals surface area contributed by atoms with E-state index in [2.05, 4.69) is 10.3 Å². The van der Waals surface area contributed by atoms with Crippen molar-refractivity contribution in [3.05, 3.63) is 94.8 Å². The molecule has 32 heavy (non-hydrogen) atoms. The Balaban J connectivity index is 1.40. The molecular formula is C24H17FN4O2S. The van der Waals surface area contributed by atoms with Crippen LogP contribution < -0.4 is 10.9 Å². The summed E-state index contributed by atoms with van der Waals surface area (Å²) in [6, 6.07) is 19.5. The van der Waals surface area contributed by atoms with E-state index in [4.69, 9.17) is 4.98 Å². The van der Waals surface area contributed by atoms with Crippen LogP contribution in [0.3, 0.4) is 0 Å². The number of carbonyl (C=O) groups is 1. The molecule has 2 aromatic carbocycles. The first-order valence-corrected chi connectivity index (χ1v) is 10.8. The first kappa shape index (κ1) is 20.0. The van der Waals surface area contributed by atoms with Gasteiger partial charge in [0.25, 0.3) is 5.56 Å². The number of hydrogen-bond donors (Lipinski definition) is 1. The van der Waals surface area contributed by atoms with Gasteiger partial charge < -0.3 is 5.32 Å². The summed E-state index contributed by atoms with van der Waals surface area (Å²) in [5.74, 6) is -0.664. The number of amides is 1. The van der Waals surface area contributed by atoms with Crippen LogP contribution in [0.1, 0.15) is 5.56 Å². The van der Waals surface area contributed by atoms with Crippen LogP contribution in [0.25, 0.3) is 31.7 Å². The van der Waals surface area contributed by atoms with Crippen LogP contribution in [0.4, 0.5) is 4.39 Å². The van der Waals surface area contributed by atoms with Gasteiger partial charge in [-0.3, -0.25) is 14.2 Å². The minimum absolute atomic E-state index is 0.153. The molecule has 1 N–H and O–H groups in total. The van der Waals surface area contributed by atoms with Gasteiger partial charge in [-0.2, -0.15) is 0 Å². The van der Waals surface area contributed by atoms with Crippen molar-refractivity contribution in [2.24, 2.45) is 0 Å². The summed E-state index contributed by atoms with van der Waals surface area (Å²) in [5.41, 5.74) is 2.90. The summed E-state index contributed by atoms with van der Waals surface area (Å²) in [7, 11) is 0. The summed E-state index contributed by atoms with van der Waals surface area (Å²) >= 11 is 1.28. The number of hydrogen-bond acceptors (Lipinski definition) is 5. The summed E-state index contributed by atoms with van der Waals surface area (Å²) in [4.78, 5) is 35.2. The average molecular weight is 444 g/mol. The van der Waals surface area contributed by atoms with Crippen molar-refractivity contribution in [2.45, 2.75) is 13.1 Å². The molecule has 0 bridgehead atoms. The third-order valence-electron chi connectivity index (χ3n) is 5.10. The second-order valence-electron chi connectivity index (χ2n) is 7.28. The fourth-order valence-electron chi connectivity index (χ4n) is 3.45. The van der Waals surface area contributed by atoms with Gasteiger partial charge in [0.1, 0.15) is 21.9 Å². The van der Waals surface area contributed by atoms with E-state index in [0.29, 0.717) is 10.2 Å². The number of nitrogens with zero attached hydrogens (tertiary/aromatic N) is 3. The van der Waals surface area contributed by atoms with Crippen LogP contribution in [0.2, 0.25) is 0 Å². The van der Waals surface area contributed by atoms with Gasteiger partial charge >= 0.3 is 0 Å². The maximum atomic E-state index is 13.0. The van der Waals surface area contributed by atoms with Crippen LogP contribution in [0.5, 0.6) is 0 Å². The van der Waals surface area contributed by atoms with E-state index in [1.165, 1.54) is 34.4 Å². The molecule has 0 aliphatic carbocycles. The molecule has 3 aromatic heterocycles. The van der Waals surface area contributed by atoms with Crippen molar-refractivity contribution in [3.8, 4) is 11.3 Å². The first-order chi connectivity index (χ1) is 15.6. The van der Waals surface area contributed by atoms with Gasteiger partial charge in [0, 0.05) is 17.5 Å². The highest BCUT2D eigenvalue weighted by Gasteiger charge is 2.15. The molecule has 0 radical (unpaired) electrons. The molecule has 8 heteroatoms. The van der Waals surface area contributed by atoms with Crippen molar-refractivity contribution in [3.63, 3.8) is 0 Å². The zero-order valence-electron chi connectivity index (χ0n) is 16.8. The lowest BCUT2D eigenvalue weighted by Gasteiger charge is -2.07. The van der Waals surface area contributed by atoms with Crippen molar-refractivity contribution >= 4 is 37.7 Å². The van der Waals surface area contributed by atoms with Gasteiger partial charge in [0.15, 0.2) is 0 Å². The predicted octanol–water partition coefficient (Wildman–Crippen LogP) is 4.13. The van der Waals surface area contributed by atoms with Crippen LogP contribution in [0, 0.1) is 5.82 Å². The van der Waals surface area contributed by atoms with Crippen LogP contribution in [-0.4, -0.2) is 20.4 Å². The van der Waals surface area contributed by atoms with Crippen LogP contribution in [0.15, 0.2) is 77.9 Å². The highest BCUT2D eigenvalue weighted by Crippen LogP contribution is 2.31. The molecule has 0 aliphatic heterocycles. The average Bonchev–Trinajstić information content (AvgIpc) is 3.20. The number of aromatic nitrogens is 3. The molecule has 6 nitrogen and oxygen atoms in total. The predicted molar refractivity (Wildman–Crippen MR) is 123 cm³/mol. The highest BCUT2D eigenvalue weighted by atomic mass is 32.1. The Morgan fingerprint density at radius 3 is 2.59 bits per heavy atom. The molecule has 0 fully saturated rings. The van der Waals surface area contributed by atoms with E-state index in [1.54, 1.807) is 12.1 Å². The molecule has 0 aliphatic rings. The van der Waals surface area contributed by atoms with Crippen LogP contribution >= 0.6 is 11.3 Å². The van der Waals surface area contributed by atoms with Crippen molar-refractivity contribution in [1.82, 2.24) is 19.9 Å². The van der Waals surface area contributed by atoms with E-state index in [1.807, 2.05) is 42.5 Å². The molecule has 5 rings (SSSR count). The molecule has 0 atom stereocenters. The second-order valence-corrected chi connectivity index (χ2v) is 8.27. The van der Waals surface area contributed by atoms with E-state index < -0.39 is 0 Å². The second kappa shape index (κ2) is 8.32. The number of thiophene rings is 1. The lowest BCUT2D eigenvalue weighted by atomic mass is 10.1. The van der Waals surface area contributed by atoms with Gasteiger partial charge in [0.2, 0.25) is 5.91 Å². The quantitative estimate of drug-likeness (QED) is 0.442. The smallest absolute Gasteiger partial charge is 0.271 e. The van der Waals surface area contributed by atoms with Crippen molar-refractivity contribution in [2.75, 3.05) is 0 Å². The normalized spacial score (nSPS) is 11.2. The molecule has 0 spiro atoms. The molecule has 0 saturated heterocycles. The Hall–Kier alpha value is -3.91. The lowest BCUT2D eigenvalue weighted by Crippen LogP contribution is -2.31. The topological polar surface area (TPSA) is 76.9 Å². The number of fused-ring (bicyclic) bond motifs is 3. The SMILES string of the molecule is O=C(Cn1cnc2c(sc3nc(-c4ccccc4)ccc32)c1=O)NCc1ccc(F)cc1. The van der Waals surface area contributed by atoms with E-state index in [0.717, 1.165) is 27.0 Å². The van der Waals surface area contributed by atoms with Crippen LogP contribution in [-0.2, 0) is 17.9 Å². The minimum Gasteiger partial charge on any atom is -0.350 e. The summed E-state index contributed by atoms with van der Waals surface area (Å²) in [6.07, 6.45) is 1.39. The minimum atomic E-state index is -0.334. The Bertz CT molecular complexity index is 1490. The largest absolute Gasteiger partial charge is 0.350 e. The van der Waals surface area contributed by atoms with Crippen molar-refractivity contribution < 1.29 is 9.18 Å². The van der Waals surface area contributed by atoms with Gasteiger partial charge in [-0.15, -0.1) is 11.3 Å². The molecule has 0 unspecified atom stereocenters. The van der Waals surface area contributed by atoms with Gasteiger partial charge in [0.05, 0.1) is 17.5 Å². The third kappa shape index (κ3) is 3.88. The number of halogens is 1. The van der Waals surface area contributed by atoms with Gasteiger partial charge in [-0.1, -0.05) is 42.5 Å². The molecule has 3 heterocycles. The maximum absolute atomic E-state index is 13.0. The van der Waals surface area contributed by atoms with Crippen molar-refractivity contribution in [1.29, 1.82) is 0 Å². The van der Waals surface area contributed by atoms with Gasteiger partial charge in [-0.25, -0.2) is 14.4 Å². The zero-order chi connectivity index (χ0) is 22.1. The molecule has 1 amide bonds. The summed E-state index contributed by atoms with van der Waals surface area (Å²) in [6.45, 7) is 0.0957. The standard InChI is InChI=1S/C24H17FN4O2S/c25-17-8-6-15(7-9-17)12-26-20(30)13-29-14-27-21-18-10-11-19(16-4-2-1-3-5-16)28-23(18)32-22(21)24(29)31/h1-11,14H,12-13H2,(H,26,30). The number of nitrogens with one attached hydrogen (secondary N) is 1. The third-order valence-corrected chi connectivity index (χ3v) is 6.17. The monoisotopic (exact) mass is 444 g/mol. The number of rotatable bonds is 5. The number of carbonyl (C=O) groups excluding carboxylic acids is 1. The molecule has 5 aromatic rings. The summed E-state index contributed by atoms with van der Waals surface area (Å²) < 4.78 is 14.7. The number of benzene rings is 2. The Kier molecular flexibility index (Phi) is 5.20. The first-order valence-electron chi connectivity index (χ1n) is 9.94. The maximum Gasteiger partial charge on any atom is 0.271 e. The Morgan fingerprint density at radius 1 is 1.03 bits per heavy atom. The fraction of sp³-hybridized carbons (Fsp3) is 0.0833. The lowest BCUT2D eigenvalue weighted by molar-refractivity contribution is -0.121.